The van der Waals surface area contributed by atoms with Crippen LogP contribution in [-0.4, -0.2) is 19.6 Å². The summed E-state index contributed by atoms with van der Waals surface area (Å²) < 4.78 is 17.7. The van der Waals surface area contributed by atoms with Crippen LogP contribution < -0.4 is 19.5 Å². The highest BCUT2D eigenvalue weighted by Crippen LogP contribution is 2.38. The van der Waals surface area contributed by atoms with Crippen molar-refractivity contribution in [3.63, 3.8) is 0 Å². The minimum Gasteiger partial charge on any atom is -0.494 e. The molecule has 6 nitrogen and oxygen atoms in total. The average Bonchev–Trinajstić information content (AvgIpc) is 2.91. The van der Waals surface area contributed by atoms with Gasteiger partial charge >= 0.3 is 0 Å². The van der Waals surface area contributed by atoms with Crippen molar-refractivity contribution in [1.29, 1.82) is 5.26 Å². The standard InChI is InChI=1S/C30H25BrN2O4/c1-3-36-26-12-10-25(11-13-26)33-30(34)24(18-32)15-21-16-27(31)29(28(17-21)35-2)37-19-20-8-9-22-6-4-5-7-23(22)14-20/h4-17H,3,19H2,1-2H3,(H,33,34)/b24-15-. The van der Waals surface area contributed by atoms with E-state index in [1.807, 2.05) is 31.2 Å². The molecule has 0 spiro atoms. The number of nitriles is 1. The van der Waals surface area contributed by atoms with Crippen LogP contribution in [0.1, 0.15) is 18.1 Å². The number of amides is 1. The predicted octanol–water partition coefficient (Wildman–Crippen LogP) is 7.13. The van der Waals surface area contributed by atoms with Gasteiger partial charge in [-0.3, -0.25) is 4.79 Å². The van der Waals surface area contributed by atoms with E-state index in [9.17, 15) is 10.1 Å². The highest BCUT2D eigenvalue weighted by Gasteiger charge is 2.15. The summed E-state index contributed by atoms with van der Waals surface area (Å²) in [5.74, 6) is 1.20. The second-order valence-corrected chi connectivity index (χ2v) is 8.94. The van der Waals surface area contributed by atoms with Crippen LogP contribution in [0.25, 0.3) is 16.8 Å². The molecule has 0 saturated carbocycles. The first-order valence-electron chi connectivity index (χ1n) is 11.6. The van der Waals surface area contributed by atoms with E-state index in [2.05, 4.69) is 45.5 Å². The zero-order chi connectivity index (χ0) is 26.2. The number of fused-ring (bicyclic) bond motifs is 1. The molecule has 4 aromatic rings. The maximum absolute atomic E-state index is 12.7. The molecule has 0 radical (unpaired) electrons. The summed E-state index contributed by atoms with van der Waals surface area (Å²) in [5, 5.41) is 14.7. The largest absolute Gasteiger partial charge is 0.494 e. The van der Waals surface area contributed by atoms with Gasteiger partial charge in [0.25, 0.3) is 5.91 Å². The zero-order valence-corrected chi connectivity index (χ0v) is 22.0. The van der Waals surface area contributed by atoms with E-state index >= 15 is 0 Å². The Hall–Kier alpha value is -4.28. The lowest BCUT2D eigenvalue weighted by molar-refractivity contribution is -0.112. The molecule has 0 fully saturated rings. The number of anilines is 1. The average molecular weight is 557 g/mol. The van der Waals surface area contributed by atoms with Gasteiger partial charge in [-0.25, -0.2) is 0 Å². The van der Waals surface area contributed by atoms with Crippen LogP contribution in [-0.2, 0) is 11.4 Å². The summed E-state index contributed by atoms with van der Waals surface area (Å²) in [7, 11) is 1.54. The van der Waals surface area contributed by atoms with Crippen molar-refractivity contribution in [2.45, 2.75) is 13.5 Å². The molecule has 4 rings (SSSR count). The van der Waals surface area contributed by atoms with Gasteiger partial charge in [-0.1, -0.05) is 36.4 Å². The van der Waals surface area contributed by atoms with Crippen LogP contribution in [0.5, 0.6) is 17.2 Å². The van der Waals surface area contributed by atoms with Crippen molar-refractivity contribution in [3.05, 3.63) is 100 Å². The van der Waals surface area contributed by atoms with Gasteiger partial charge in [0.15, 0.2) is 11.5 Å². The minimum atomic E-state index is -0.515. The van der Waals surface area contributed by atoms with Crippen LogP contribution >= 0.6 is 15.9 Å². The van der Waals surface area contributed by atoms with Crippen molar-refractivity contribution >= 4 is 44.4 Å². The van der Waals surface area contributed by atoms with Crippen molar-refractivity contribution in [1.82, 2.24) is 0 Å². The Labute approximate surface area is 224 Å². The Balaban J connectivity index is 1.50. The maximum Gasteiger partial charge on any atom is 0.266 e. The Bertz CT molecular complexity index is 1490. The van der Waals surface area contributed by atoms with Crippen molar-refractivity contribution in [3.8, 4) is 23.3 Å². The van der Waals surface area contributed by atoms with E-state index in [1.165, 1.54) is 11.5 Å². The first-order chi connectivity index (χ1) is 18.0. The van der Waals surface area contributed by atoms with Gasteiger partial charge in [-0.15, -0.1) is 0 Å². The Morgan fingerprint density at radius 1 is 1.00 bits per heavy atom. The van der Waals surface area contributed by atoms with Crippen molar-refractivity contribution < 1.29 is 19.0 Å². The molecule has 0 heterocycles. The molecule has 4 aromatic carbocycles. The molecule has 0 bridgehead atoms. The number of hydrogen-bond donors (Lipinski definition) is 1. The first-order valence-corrected chi connectivity index (χ1v) is 12.4. The molecule has 0 aliphatic heterocycles. The van der Waals surface area contributed by atoms with Gasteiger partial charge < -0.3 is 19.5 Å². The van der Waals surface area contributed by atoms with Gasteiger partial charge in [0.2, 0.25) is 0 Å². The summed E-state index contributed by atoms with van der Waals surface area (Å²) in [6, 6.07) is 26.8. The van der Waals surface area contributed by atoms with E-state index in [1.54, 1.807) is 43.5 Å². The molecule has 186 valence electrons. The van der Waals surface area contributed by atoms with Gasteiger partial charge in [-0.05, 0) is 93.3 Å². The number of halogens is 1. The lowest BCUT2D eigenvalue weighted by Crippen LogP contribution is -2.13. The molecular formula is C30H25BrN2O4. The first kappa shape index (κ1) is 25.8. The van der Waals surface area contributed by atoms with E-state index in [-0.39, 0.29) is 5.57 Å². The number of carbonyl (C=O) groups is 1. The summed E-state index contributed by atoms with van der Waals surface area (Å²) in [5.41, 5.74) is 2.15. The highest BCUT2D eigenvalue weighted by atomic mass is 79.9. The third-order valence-corrected chi connectivity index (χ3v) is 6.14. The normalized spacial score (nSPS) is 11.0. The number of hydrogen-bond acceptors (Lipinski definition) is 5. The lowest BCUT2D eigenvalue weighted by Gasteiger charge is -2.14. The van der Waals surface area contributed by atoms with Gasteiger partial charge in [-0.2, -0.15) is 5.26 Å². The van der Waals surface area contributed by atoms with Crippen LogP contribution in [0, 0.1) is 11.3 Å². The Morgan fingerprint density at radius 3 is 2.46 bits per heavy atom. The number of rotatable bonds is 9. The Morgan fingerprint density at radius 2 is 1.76 bits per heavy atom. The van der Waals surface area contributed by atoms with Crippen molar-refractivity contribution in [2.24, 2.45) is 0 Å². The molecule has 1 N–H and O–H groups in total. The van der Waals surface area contributed by atoms with E-state index in [0.29, 0.717) is 46.2 Å². The van der Waals surface area contributed by atoms with Crippen LogP contribution in [0.15, 0.2) is 88.9 Å². The third-order valence-electron chi connectivity index (χ3n) is 5.55. The van der Waals surface area contributed by atoms with Gasteiger partial charge in [0.1, 0.15) is 24.0 Å². The third kappa shape index (κ3) is 6.49. The van der Waals surface area contributed by atoms with E-state index in [4.69, 9.17) is 14.2 Å². The SMILES string of the molecule is CCOc1ccc(NC(=O)/C(C#N)=C\c2cc(Br)c(OCc3ccc4ccccc4c3)c(OC)c2)cc1. The molecule has 0 aliphatic carbocycles. The second-order valence-electron chi connectivity index (χ2n) is 8.09. The smallest absolute Gasteiger partial charge is 0.266 e. The number of benzene rings is 4. The predicted molar refractivity (Wildman–Crippen MR) is 149 cm³/mol. The molecule has 0 saturated heterocycles. The molecule has 0 aliphatic rings. The van der Waals surface area contributed by atoms with E-state index < -0.39 is 5.91 Å². The number of ether oxygens (including phenoxy) is 3. The van der Waals surface area contributed by atoms with Crippen LogP contribution in [0.2, 0.25) is 0 Å². The zero-order valence-electron chi connectivity index (χ0n) is 20.5. The van der Waals surface area contributed by atoms with Gasteiger partial charge in [0, 0.05) is 5.69 Å². The summed E-state index contributed by atoms with van der Waals surface area (Å²) >= 11 is 3.54. The number of carbonyl (C=O) groups excluding carboxylic acids is 1. The highest BCUT2D eigenvalue weighted by molar-refractivity contribution is 9.10. The fourth-order valence-electron chi connectivity index (χ4n) is 3.76. The summed E-state index contributed by atoms with van der Waals surface area (Å²) in [4.78, 5) is 12.7. The fraction of sp³-hybridized carbons (Fsp3) is 0.133. The minimum absolute atomic E-state index is 0.0485. The second kappa shape index (κ2) is 12.1. The van der Waals surface area contributed by atoms with Gasteiger partial charge in [0.05, 0.1) is 18.2 Å². The number of methoxy groups -OCH3 is 1. The molecule has 0 aromatic heterocycles. The quantitative estimate of drug-likeness (QED) is 0.175. The fourth-order valence-corrected chi connectivity index (χ4v) is 4.34. The molecule has 7 heteroatoms. The monoisotopic (exact) mass is 556 g/mol. The Kier molecular flexibility index (Phi) is 8.44. The molecule has 0 atom stereocenters. The summed E-state index contributed by atoms with van der Waals surface area (Å²) in [6.45, 7) is 2.80. The van der Waals surface area contributed by atoms with Crippen molar-refractivity contribution in [2.75, 3.05) is 19.0 Å². The number of nitrogens with one attached hydrogen (secondary N) is 1. The van der Waals surface area contributed by atoms with E-state index in [0.717, 1.165) is 10.9 Å². The maximum atomic E-state index is 12.7. The molecule has 37 heavy (non-hydrogen) atoms. The number of nitrogens with zero attached hydrogens (tertiary/aromatic N) is 1. The molecular weight excluding hydrogens is 532 g/mol. The molecule has 0 unspecified atom stereocenters. The van der Waals surface area contributed by atoms with Crippen LogP contribution in [0.4, 0.5) is 5.69 Å². The lowest BCUT2D eigenvalue weighted by atomic mass is 10.1. The topological polar surface area (TPSA) is 80.6 Å². The summed E-state index contributed by atoms with van der Waals surface area (Å²) in [6.07, 6.45) is 1.50. The molecule has 1 amide bonds. The van der Waals surface area contributed by atoms with Crippen LogP contribution in [0.3, 0.4) is 0 Å².